The monoisotopic (exact) mass is 289 g/mol. The molecule has 2 aromatic rings. The predicted octanol–water partition coefficient (Wildman–Crippen LogP) is 4.45. The fourth-order valence-corrected chi connectivity index (χ4v) is 3.26. The molecule has 0 fully saturated rings. The van der Waals surface area contributed by atoms with Gasteiger partial charge in [0, 0.05) is 17.2 Å². The first-order valence-corrected chi connectivity index (χ1v) is 7.69. The van der Waals surface area contributed by atoms with Crippen LogP contribution < -0.4 is 5.32 Å². The second kappa shape index (κ2) is 6.91. The second-order valence-corrected chi connectivity index (χ2v) is 6.16. The average molecular weight is 289 g/mol. The van der Waals surface area contributed by atoms with Gasteiger partial charge in [-0.25, -0.2) is 4.39 Å². The van der Waals surface area contributed by atoms with Crippen molar-refractivity contribution >= 4 is 11.8 Å². The summed E-state index contributed by atoms with van der Waals surface area (Å²) < 4.78 is 13.6. The van der Waals surface area contributed by atoms with Crippen molar-refractivity contribution < 1.29 is 4.39 Å². The minimum Gasteiger partial charge on any atom is -0.316 e. The van der Waals surface area contributed by atoms with Crippen molar-refractivity contribution in [3.05, 3.63) is 64.5 Å². The predicted molar refractivity (Wildman–Crippen MR) is 84.6 cm³/mol. The van der Waals surface area contributed by atoms with E-state index in [2.05, 4.69) is 37.4 Å². The first-order chi connectivity index (χ1) is 9.56. The normalized spacial score (nSPS) is 10.8. The third kappa shape index (κ3) is 4.36. The fraction of sp³-hybridized carbons (Fsp3) is 0.294. The number of benzene rings is 2. The van der Waals surface area contributed by atoms with Crippen molar-refractivity contribution in [2.75, 3.05) is 7.05 Å². The Morgan fingerprint density at radius 2 is 1.65 bits per heavy atom. The highest BCUT2D eigenvalue weighted by Gasteiger charge is 2.03. The van der Waals surface area contributed by atoms with Gasteiger partial charge in [-0.15, -0.1) is 11.8 Å². The molecule has 20 heavy (non-hydrogen) atoms. The number of thioether (sulfide) groups is 1. The Balaban J connectivity index is 2.10. The number of rotatable bonds is 5. The van der Waals surface area contributed by atoms with Crippen LogP contribution in [0.3, 0.4) is 0 Å². The van der Waals surface area contributed by atoms with Crippen LogP contribution in [0.5, 0.6) is 0 Å². The van der Waals surface area contributed by atoms with Crippen LogP contribution in [0.4, 0.5) is 4.39 Å². The summed E-state index contributed by atoms with van der Waals surface area (Å²) in [6.07, 6.45) is 0. The Kier molecular flexibility index (Phi) is 5.21. The van der Waals surface area contributed by atoms with Gasteiger partial charge in [0.2, 0.25) is 0 Å². The van der Waals surface area contributed by atoms with Crippen LogP contribution in [0.1, 0.15) is 22.3 Å². The molecule has 106 valence electrons. The maximum atomic E-state index is 13.6. The van der Waals surface area contributed by atoms with Crippen LogP contribution in [0, 0.1) is 19.7 Å². The molecule has 0 bridgehead atoms. The second-order valence-electron chi connectivity index (χ2n) is 5.11. The lowest BCUT2D eigenvalue weighted by Crippen LogP contribution is -2.05. The van der Waals surface area contributed by atoms with Crippen LogP contribution in [0.15, 0.2) is 41.3 Å². The molecule has 1 N–H and O–H groups in total. The number of hydrogen-bond donors (Lipinski definition) is 1. The standard InChI is InChI=1S/C17H20FNS/c1-12-4-13(2)6-15(5-12)11-20-17-8-14(10-19-3)7-16(18)9-17/h4-9,19H,10-11H2,1-3H3. The summed E-state index contributed by atoms with van der Waals surface area (Å²) >= 11 is 1.68. The highest BCUT2D eigenvalue weighted by molar-refractivity contribution is 7.98. The molecule has 0 saturated carbocycles. The van der Waals surface area contributed by atoms with Gasteiger partial charge in [0.05, 0.1) is 0 Å². The largest absolute Gasteiger partial charge is 0.316 e. The van der Waals surface area contributed by atoms with Crippen LogP contribution in [-0.4, -0.2) is 7.05 Å². The molecule has 0 aliphatic heterocycles. The van der Waals surface area contributed by atoms with Crippen molar-refractivity contribution in [3.8, 4) is 0 Å². The molecular formula is C17H20FNS. The summed E-state index contributed by atoms with van der Waals surface area (Å²) in [6.45, 7) is 4.90. The third-order valence-corrected chi connectivity index (χ3v) is 4.05. The summed E-state index contributed by atoms with van der Waals surface area (Å²) in [6, 6.07) is 11.8. The average Bonchev–Trinajstić information content (AvgIpc) is 2.35. The Hall–Kier alpha value is -1.32. The van der Waals surface area contributed by atoms with Crippen LogP contribution in [0.25, 0.3) is 0 Å². The van der Waals surface area contributed by atoms with Gasteiger partial charge in [-0.1, -0.05) is 29.3 Å². The van der Waals surface area contributed by atoms with Crippen molar-refractivity contribution in [1.82, 2.24) is 5.32 Å². The molecule has 2 rings (SSSR count). The molecule has 0 atom stereocenters. The Morgan fingerprint density at radius 3 is 2.30 bits per heavy atom. The van der Waals surface area contributed by atoms with Gasteiger partial charge < -0.3 is 5.32 Å². The van der Waals surface area contributed by atoms with Crippen molar-refractivity contribution in [3.63, 3.8) is 0 Å². The summed E-state index contributed by atoms with van der Waals surface area (Å²) in [5.74, 6) is 0.700. The molecule has 0 saturated heterocycles. The minimum atomic E-state index is -0.166. The van der Waals surface area contributed by atoms with E-state index in [1.165, 1.54) is 16.7 Å². The molecule has 3 heteroatoms. The van der Waals surface area contributed by atoms with Gasteiger partial charge in [-0.2, -0.15) is 0 Å². The first-order valence-electron chi connectivity index (χ1n) is 6.71. The van der Waals surface area contributed by atoms with E-state index in [1.54, 1.807) is 23.9 Å². The number of aryl methyl sites for hydroxylation is 2. The molecule has 0 heterocycles. The van der Waals surface area contributed by atoms with E-state index in [1.807, 2.05) is 13.1 Å². The third-order valence-electron chi connectivity index (χ3n) is 3.00. The van der Waals surface area contributed by atoms with E-state index in [-0.39, 0.29) is 5.82 Å². The molecule has 0 aliphatic rings. The van der Waals surface area contributed by atoms with Crippen LogP contribution >= 0.6 is 11.8 Å². The zero-order chi connectivity index (χ0) is 14.5. The lowest BCUT2D eigenvalue weighted by molar-refractivity contribution is 0.619. The Bertz CT molecular complexity index is 575. The number of hydrogen-bond acceptors (Lipinski definition) is 2. The molecule has 0 radical (unpaired) electrons. The first kappa shape index (κ1) is 15.1. The number of nitrogens with one attached hydrogen (secondary N) is 1. The summed E-state index contributed by atoms with van der Waals surface area (Å²) in [4.78, 5) is 0.981. The lowest BCUT2D eigenvalue weighted by atomic mass is 10.1. The topological polar surface area (TPSA) is 12.0 Å². The molecule has 0 unspecified atom stereocenters. The zero-order valence-corrected chi connectivity index (χ0v) is 13.0. The van der Waals surface area contributed by atoms with E-state index < -0.39 is 0 Å². The zero-order valence-electron chi connectivity index (χ0n) is 12.2. The molecular weight excluding hydrogens is 269 g/mol. The molecule has 1 nitrogen and oxygen atoms in total. The van der Waals surface area contributed by atoms with E-state index in [9.17, 15) is 4.39 Å². The van der Waals surface area contributed by atoms with Crippen molar-refractivity contribution in [1.29, 1.82) is 0 Å². The fourth-order valence-electron chi connectivity index (χ4n) is 2.33. The van der Waals surface area contributed by atoms with Gasteiger partial charge in [0.1, 0.15) is 5.82 Å². The molecule has 2 aromatic carbocycles. The molecule has 0 spiro atoms. The highest BCUT2D eigenvalue weighted by Crippen LogP contribution is 2.25. The smallest absolute Gasteiger partial charge is 0.124 e. The van der Waals surface area contributed by atoms with Gasteiger partial charge in [-0.3, -0.25) is 0 Å². The highest BCUT2D eigenvalue weighted by atomic mass is 32.2. The molecule has 0 amide bonds. The molecule has 0 aliphatic carbocycles. The van der Waals surface area contributed by atoms with Gasteiger partial charge >= 0.3 is 0 Å². The molecule has 0 aromatic heterocycles. The van der Waals surface area contributed by atoms with Crippen LogP contribution in [-0.2, 0) is 12.3 Å². The Morgan fingerprint density at radius 1 is 0.950 bits per heavy atom. The summed E-state index contributed by atoms with van der Waals surface area (Å²) in [5.41, 5.74) is 4.81. The van der Waals surface area contributed by atoms with Crippen molar-refractivity contribution in [2.45, 2.75) is 31.0 Å². The lowest BCUT2D eigenvalue weighted by Gasteiger charge is -2.07. The summed E-state index contributed by atoms with van der Waals surface area (Å²) in [7, 11) is 1.87. The summed E-state index contributed by atoms with van der Waals surface area (Å²) in [5, 5.41) is 3.05. The van der Waals surface area contributed by atoms with Gasteiger partial charge in [0.15, 0.2) is 0 Å². The van der Waals surface area contributed by atoms with E-state index >= 15 is 0 Å². The quantitative estimate of drug-likeness (QED) is 0.816. The SMILES string of the molecule is CNCc1cc(F)cc(SCc2cc(C)cc(C)c2)c1. The number of halogens is 1. The van der Waals surface area contributed by atoms with Crippen molar-refractivity contribution in [2.24, 2.45) is 0 Å². The van der Waals surface area contributed by atoms with E-state index in [4.69, 9.17) is 0 Å². The minimum absolute atomic E-state index is 0.166. The van der Waals surface area contributed by atoms with E-state index in [0.717, 1.165) is 16.2 Å². The maximum absolute atomic E-state index is 13.6. The van der Waals surface area contributed by atoms with Gasteiger partial charge in [-0.05, 0) is 50.2 Å². The van der Waals surface area contributed by atoms with Gasteiger partial charge in [0.25, 0.3) is 0 Å². The Labute approximate surface area is 124 Å². The van der Waals surface area contributed by atoms with Crippen LogP contribution in [0.2, 0.25) is 0 Å². The van der Waals surface area contributed by atoms with E-state index in [0.29, 0.717) is 6.54 Å². The maximum Gasteiger partial charge on any atom is 0.124 e.